The van der Waals surface area contributed by atoms with Crippen LogP contribution >= 0.6 is 0 Å². The van der Waals surface area contributed by atoms with Crippen LogP contribution in [0.1, 0.15) is 53.6 Å². The fourth-order valence-corrected chi connectivity index (χ4v) is 4.05. The smallest absolute Gasteiger partial charge is 0.258 e. The zero-order valence-electron chi connectivity index (χ0n) is 16.1. The lowest BCUT2D eigenvalue weighted by molar-refractivity contribution is 0.0996. The van der Waals surface area contributed by atoms with Crippen molar-refractivity contribution < 1.29 is 19.5 Å². The summed E-state index contributed by atoms with van der Waals surface area (Å²) in [6, 6.07) is 11.4. The molecule has 0 radical (unpaired) electrons. The summed E-state index contributed by atoms with van der Waals surface area (Å²) in [5.41, 5.74) is 5.47. The third-order valence-corrected chi connectivity index (χ3v) is 5.57. The second-order valence-electron chi connectivity index (χ2n) is 7.43. The highest BCUT2D eigenvalue weighted by Crippen LogP contribution is 2.37. The van der Waals surface area contributed by atoms with Gasteiger partial charge in [0.05, 0.1) is 19.8 Å². The van der Waals surface area contributed by atoms with Gasteiger partial charge in [0.1, 0.15) is 0 Å². The molecule has 1 aliphatic carbocycles. The van der Waals surface area contributed by atoms with Gasteiger partial charge in [-0.25, -0.2) is 5.48 Å². The maximum absolute atomic E-state index is 13.0. The molecule has 2 aliphatic rings. The number of ether oxygens (including phenoxy) is 2. The standard InChI is InChI=1S/C22H26N2O4/c1-27-20-10-9-17(12-21(20)28-18-5-3-2-4-6-18)24-14-16-8-7-15(13-23-26)11-19(16)22(24)25/h7-12,18,23,26H,2-6,13-14H2,1H3. The molecule has 4 rings (SSSR count). The highest BCUT2D eigenvalue weighted by Gasteiger charge is 2.29. The molecular formula is C22H26N2O4. The SMILES string of the molecule is COc1ccc(N2Cc3ccc(CNO)cc3C2=O)cc1OC1CCCCC1. The number of rotatable bonds is 6. The third kappa shape index (κ3) is 3.70. The third-order valence-electron chi connectivity index (χ3n) is 5.57. The van der Waals surface area contributed by atoms with Gasteiger partial charge in [-0.3, -0.25) is 4.79 Å². The van der Waals surface area contributed by atoms with Crippen LogP contribution in [0.2, 0.25) is 0 Å². The van der Waals surface area contributed by atoms with Crippen LogP contribution in [0.3, 0.4) is 0 Å². The number of amides is 1. The van der Waals surface area contributed by atoms with E-state index in [9.17, 15) is 4.79 Å². The van der Waals surface area contributed by atoms with Crippen LogP contribution in [0, 0.1) is 0 Å². The minimum atomic E-state index is -0.0384. The molecule has 2 aromatic carbocycles. The number of hydroxylamine groups is 1. The Hall–Kier alpha value is -2.57. The molecule has 0 bridgehead atoms. The fourth-order valence-electron chi connectivity index (χ4n) is 4.05. The molecule has 1 aliphatic heterocycles. The molecule has 0 unspecified atom stereocenters. The Morgan fingerprint density at radius 1 is 1.11 bits per heavy atom. The first-order chi connectivity index (χ1) is 13.7. The zero-order chi connectivity index (χ0) is 19.5. The summed E-state index contributed by atoms with van der Waals surface area (Å²) in [4.78, 5) is 14.7. The first-order valence-electron chi connectivity index (χ1n) is 9.85. The van der Waals surface area contributed by atoms with E-state index in [-0.39, 0.29) is 12.0 Å². The topological polar surface area (TPSA) is 71.0 Å². The summed E-state index contributed by atoms with van der Waals surface area (Å²) >= 11 is 0. The van der Waals surface area contributed by atoms with E-state index < -0.39 is 0 Å². The number of carbonyl (C=O) groups excluding carboxylic acids is 1. The maximum Gasteiger partial charge on any atom is 0.258 e. The number of methoxy groups -OCH3 is 1. The van der Waals surface area contributed by atoms with Crippen molar-refractivity contribution in [1.29, 1.82) is 0 Å². The van der Waals surface area contributed by atoms with Gasteiger partial charge < -0.3 is 19.6 Å². The first-order valence-corrected chi connectivity index (χ1v) is 9.85. The van der Waals surface area contributed by atoms with E-state index in [1.165, 1.54) is 19.3 Å². The molecule has 1 amide bonds. The van der Waals surface area contributed by atoms with Gasteiger partial charge in [-0.2, -0.15) is 0 Å². The van der Waals surface area contributed by atoms with Gasteiger partial charge in [0.15, 0.2) is 11.5 Å². The van der Waals surface area contributed by atoms with E-state index >= 15 is 0 Å². The van der Waals surface area contributed by atoms with E-state index in [2.05, 4.69) is 5.48 Å². The minimum absolute atomic E-state index is 0.0384. The van der Waals surface area contributed by atoms with E-state index in [1.807, 2.05) is 36.4 Å². The Labute approximate surface area is 165 Å². The van der Waals surface area contributed by atoms with Gasteiger partial charge in [0, 0.05) is 23.9 Å². The number of nitrogens with one attached hydrogen (secondary N) is 1. The summed E-state index contributed by atoms with van der Waals surface area (Å²) in [5.74, 6) is 1.35. The van der Waals surface area contributed by atoms with Crippen molar-refractivity contribution in [2.75, 3.05) is 12.0 Å². The quantitative estimate of drug-likeness (QED) is 0.738. The Balaban J connectivity index is 1.58. The number of anilines is 1. The Morgan fingerprint density at radius 2 is 1.93 bits per heavy atom. The number of carbonyl (C=O) groups is 1. The molecule has 2 N–H and O–H groups in total. The lowest BCUT2D eigenvalue weighted by Crippen LogP contribution is -2.24. The lowest BCUT2D eigenvalue weighted by atomic mass is 9.98. The highest BCUT2D eigenvalue weighted by molar-refractivity contribution is 6.10. The molecule has 2 aromatic rings. The summed E-state index contributed by atoms with van der Waals surface area (Å²) in [6.45, 7) is 0.832. The first kappa shape index (κ1) is 18.8. The van der Waals surface area contributed by atoms with Crippen molar-refractivity contribution >= 4 is 11.6 Å². The van der Waals surface area contributed by atoms with Crippen LogP contribution in [-0.2, 0) is 13.1 Å². The average molecular weight is 382 g/mol. The van der Waals surface area contributed by atoms with Crippen LogP contribution in [0.25, 0.3) is 0 Å². The molecule has 6 heteroatoms. The van der Waals surface area contributed by atoms with Crippen molar-refractivity contribution in [2.45, 2.75) is 51.3 Å². The molecule has 1 heterocycles. The Bertz CT molecular complexity index is 862. The van der Waals surface area contributed by atoms with Crippen LogP contribution in [0.5, 0.6) is 11.5 Å². The highest BCUT2D eigenvalue weighted by atomic mass is 16.5. The Kier molecular flexibility index (Phi) is 5.50. The van der Waals surface area contributed by atoms with Crippen LogP contribution in [0.15, 0.2) is 36.4 Å². The van der Waals surface area contributed by atoms with Crippen LogP contribution < -0.4 is 19.9 Å². The predicted molar refractivity (Wildman–Crippen MR) is 106 cm³/mol. The maximum atomic E-state index is 13.0. The van der Waals surface area contributed by atoms with Gasteiger partial charge in [0.2, 0.25) is 0 Å². The number of hydrogen-bond donors (Lipinski definition) is 2. The molecule has 0 spiro atoms. The summed E-state index contributed by atoms with van der Waals surface area (Å²) in [5, 5.41) is 8.91. The van der Waals surface area contributed by atoms with Crippen molar-refractivity contribution in [3.05, 3.63) is 53.1 Å². The van der Waals surface area contributed by atoms with Gasteiger partial charge in [-0.15, -0.1) is 0 Å². The van der Waals surface area contributed by atoms with E-state index in [0.717, 1.165) is 29.7 Å². The summed E-state index contributed by atoms with van der Waals surface area (Å²) in [6.07, 6.45) is 5.98. The van der Waals surface area contributed by atoms with Crippen molar-refractivity contribution in [3.8, 4) is 11.5 Å². The summed E-state index contributed by atoms with van der Waals surface area (Å²) < 4.78 is 11.7. The summed E-state index contributed by atoms with van der Waals surface area (Å²) in [7, 11) is 1.64. The monoisotopic (exact) mass is 382 g/mol. The van der Waals surface area contributed by atoms with Gasteiger partial charge in [-0.05, 0) is 55.0 Å². The lowest BCUT2D eigenvalue weighted by Gasteiger charge is -2.25. The van der Waals surface area contributed by atoms with Crippen molar-refractivity contribution in [3.63, 3.8) is 0 Å². The molecule has 0 aromatic heterocycles. The number of nitrogens with zero attached hydrogens (tertiary/aromatic N) is 1. The van der Waals surface area contributed by atoms with Crippen LogP contribution in [-0.4, -0.2) is 24.3 Å². The molecular weight excluding hydrogens is 356 g/mol. The number of fused-ring (bicyclic) bond motifs is 1. The Morgan fingerprint density at radius 3 is 2.68 bits per heavy atom. The van der Waals surface area contributed by atoms with E-state index in [4.69, 9.17) is 14.7 Å². The second-order valence-corrected chi connectivity index (χ2v) is 7.43. The molecule has 0 saturated heterocycles. The van der Waals surface area contributed by atoms with E-state index in [1.54, 1.807) is 12.0 Å². The van der Waals surface area contributed by atoms with Gasteiger partial charge in [-0.1, -0.05) is 18.6 Å². The largest absolute Gasteiger partial charge is 0.493 e. The van der Waals surface area contributed by atoms with Gasteiger partial charge >= 0.3 is 0 Å². The van der Waals surface area contributed by atoms with E-state index in [0.29, 0.717) is 30.2 Å². The van der Waals surface area contributed by atoms with Crippen LogP contribution in [0.4, 0.5) is 5.69 Å². The normalized spacial score (nSPS) is 16.9. The molecule has 28 heavy (non-hydrogen) atoms. The molecule has 1 fully saturated rings. The average Bonchev–Trinajstić information content (AvgIpc) is 3.05. The van der Waals surface area contributed by atoms with Crippen molar-refractivity contribution in [1.82, 2.24) is 5.48 Å². The zero-order valence-corrected chi connectivity index (χ0v) is 16.1. The molecule has 148 valence electrons. The predicted octanol–water partition coefficient (Wildman–Crippen LogP) is 4.05. The number of benzene rings is 2. The van der Waals surface area contributed by atoms with Gasteiger partial charge in [0.25, 0.3) is 5.91 Å². The molecule has 1 saturated carbocycles. The van der Waals surface area contributed by atoms with Crippen molar-refractivity contribution in [2.24, 2.45) is 0 Å². The molecule has 6 nitrogen and oxygen atoms in total. The molecule has 0 atom stereocenters. The second kappa shape index (κ2) is 8.20. The number of hydrogen-bond acceptors (Lipinski definition) is 5. The fraction of sp³-hybridized carbons (Fsp3) is 0.409. The minimum Gasteiger partial charge on any atom is -0.493 e.